The first-order valence-electron chi connectivity index (χ1n) is 8.94. The van der Waals surface area contributed by atoms with Gasteiger partial charge in [0.2, 0.25) is 0 Å². The van der Waals surface area contributed by atoms with Crippen LogP contribution in [0.25, 0.3) is 0 Å². The van der Waals surface area contributed by atoms with E-state index < -0.39 is 5.97 Å². The normalized spacial score (nSPS) is 12.0. The molecule has 0 saturated carbocycles. The van der Waals surface area contributed by atoms with E-state index in [1.54, 1.807) is 0 Å². The lowest BCUT2D eigenvalue weighted by molar-refractivity contribution is -0.137. The highest BCUT2D eigenvalue weighted by Gasteiger charge is 1.93. The zero-order valence-electron chi connectivity index (χ0n) is 14.3. The van der Waals surface area contributed by atoms with Crippen molar-refractivity contribution in [1.82, 2.24) is 0 Å². The third kappa shape index (κ3) is 18.7. The van der Waals surface area contributed by atoms with Crippen molar-refractivity contribution in [3.05, 3.63) is 36.5 Å². The average molecular weight is 306 g/mol. The molecule has 0 unspecified atom stereocenters. The molecular formula is C20H34O2. The molecule has 0 aliphatic heterocycles. The van der Waals surface area contributed by atoms with Crippen molar-refractivity contribution in [2.75, 3.05) is 0 Å². The van der Waals surface area contributed by atoms with E-state index >= 15 is 0 Å². The third-order valence-corrected chi connectivity index (χ3v) is 3.53. The van der Waals surface area contributed by atoms with E-state index in [0.717, 1.165) is 32.1 Å². The zero-order chi connectivity index (χ0) is 16.3. The third-order valence-electron chi connectivity index (χ3n) is 3.53. The highest BCUT2D eigenvalue weighted by molar-refractivity contribution is 5.66. The number of hydrogen-bond acceptors (Lipinski definition) is 1. The summed E-state index contributed by atoms with van der Waals surface area (Å²) in [5.41, 5.74) is 0. The number of aliphatic carboxylic acids is 1. The summed E-state index contributed by atoms with van der Waals surface area (Å²) in [6.07, 6.45) is 26.3. The van der Waals surface area contributed by atoms with E-state index in [1.807, 2.05) is 0 Å². The molecule has 126 valence electrons. The fraction of sp³-hybridized carbons (Fsp3) is 0.650. The van der Waals surface area contributed by atoms with Gasteiger partial charge in [0, 0.05) is 6.42 Å². The first-order valence-corrected chi connectivity index (χ1v) is 8.94. The van der Waals surface area contributed by atoms with Crippen LogP contribution in [0.15, 0.2) is 36.5 Å². The molecule has 0 radical (unpaired) electrons. The molecular weight excluding hydrogens is 272 g/mol. The number of rotatable bonds is 15. The molecule has 0 amide bonds. The molecule has 0 aromatic rings. The van der Waals surface area contributed by atoms with Crippen molar-refractivity contribution >= 4 is 5.97 Å². The Balaban J connectivity index is 3.30. The fourth-order valence-corrected chi connectivity index (χ4v) is 2.18. The van der Waals surface area contributed by atoms with E-state index in [9.17, 15) is 4.79 Å². The molecule has 22 heavy (non-hydrogen) atoms. The molecule has 0 spiro atoms. The van der Waals surface area contributed by atoms with Crippen molar-refractivity contribution in [1.29, 1.82) is 0 Å². The number of hydrogen-bond donors (Lipinski definition) is 1. The average Bonchev–Trinajstić information content (AvgIpc) is 2.50. The van der Waals surface area contributed by atoms with Gasteiger partial charge in [-0.1, -0.05) is 69.1 Å². The Morgan fingerprint density at radius 2 is 1.23 bits per heavy atom. The second-order valence-corrected chi connectivity index (χ2v) is 5.73. The van der Waals surface area contributed by atoms with Crippen LogP contribution in [0.3, 0.4) is 0 Å². The van der Waals surface area contributed by atoms with Gasteiger partial charge in [-0.3, -0.25) is 4.79 Å². The molecule has 0 rings (SSSR count). The Morgan fingerprint density at radius 1 is 0.727 bits per heavy atom. The first kappa shape index (κ1) is 20.7. The Morgan fingerprint density at radius 3 is 1.77 bits per heavy atom. The molecule has 0 fully saturated rings. The molecule has 0 aliphatic rings. The van der Waals surface area contributed by atoms with Gasteiger partial charge >= 0.3 is 5.97 Å². The van der Waals surface area contributed by atoms with Gasteiger partial charge in [0.1, 0.15) is 0 Å². The minimum atomic E-state index is -0.694. The van der Waals surface area contributed by atoms with Crippen LogP contribution in [0.4, 0.5) is 0 Å². The highest BCUT2D eigenvalue weighted by Crippen LogP contribution is 2.05. The van der Waals surface area contributed by atoms with Crippen LogP contribution < -0.4 is 0 Å². The quantitative estimate of drug-likeness (QED) is 0.279. The van der Waals surface area contributed by atoms with Gasteiger partial charge in [-0.05, 0) is 44.9 Å². The van der Waals surface area contributed by atoms with E-state index in [0.29, 0.717) is 6.42 Å². The summed E-state index contributed by atoms with van der Waals surface area (Å²) in [6.45, 7) is 2.25. The molecule has 1 N–H and O–H groups in total. The molecule has 0 saturated heterocycles. The van der Waals surface area contributed by atoms with Crippen LogP contribution in [0.1, 0.15) is 84.0 Å². The molecule has 0 aliphatic carbocycles. The number of carboxylic acids is 1. The summed E-state index contributed by atoms with van der Waals surface area (Å²) >= 11 is 0. The number of carbonyl (C=O) groups is 1. The zero-order valence-corrected chi connectivity index (χ0v) is 14.3. The first-order chi connectivity index (χ1) is 10.8. The van der Waals surface area contributed by atoms with Gasteiger partial charge in [-0.25, -0.2) is 0 Å². The topological polar surface area (TPSA) is 37.3 Å². The van der Waals surface area contributed by atoms with Crippen LogP contribution in [0, 0.1) is 0 Å². The Kier molecular flexibility index (Phi) is 16.7. The molecule has 0 bridgehead atoms. The number of allylic oxidation sites excluding steroid dienone is 6. The van der Waals surface area contributed by atoms with Crippen LogP contribution in [0.5, 0.6) is 0 Å². The minimum Gasteiger partial charge on any atom is -0.481 e. The monoisotopic (exact) mass is 306 g/mol. The maximum absolute atomic E-state index is 10.3. The summed E-state index contributed by atoms with van der Waals surface area (Å²) in [5.74, 6) is -0.694. The van der Waals surface area contributed by atoms with E-state index in [2.05, 4.69) is 43.4 Å². The van der Waals surface area contributed by atoms with Crippen molar-refractivity contribution < 1.29 is 9.90 Å². The summed E-state index contributed by atoms with van der Waals surface area (Å²) in [6, 6.07) is 0. The van der Waals surface area contributed by atoms with Crippen molar-refractivity contribution in [3.8, 4) is 0 Å². The Hall–Kier alpha value is -1.31. The summed E-state index contributed by atoms with van der Waals surface area (Å²) in [7, 11) is 0. The predicted octanol–water partition coefficient (Wildman–Crippen LogP) is 6.44. The second kappa shape index (κ2) is 17.7. The maximum atomic E-state index is 10.3. The summed E-state index contributed by atoms with van der Waals surface area (Å²) in [5, 5.41) is 8.51. The maximum Gasteiger partial charge on any atom is 0.303 e. The van der Waals surface area contributed by atoms with Gasteiger partial charge in [-0.2, -0.15) is 0 Å². The number of carboxylic acid groups (broad SMARTS) is 1. The van der Waals surface area contributed by atoms with Gasteiger partial charge in [-0.15, -0.1) is 0 Å². The molecule has 0 aromatic carbocycles. The van der Waals surface area contributed by atoms with Gasteiger partial charge in [0.15, 0.2) is 0 Å². The lowest BCUT2D eigenvalue weighted by Gasteiger charge is -1.95. The summed E-state index contributed by atoms with van der Waals surface area (Å²) in [4.78, 5) is 10.3. The van der Waals surface area contributed by atoms with Crippen LogP contribution in [-0.4, -0.2) is 11.1 Å². The van der Waals surface area contributed by atoms with Gasteiger partial charge in [0.05, 0.1) is 0 Å². The molecule has 0 atom stereocenters. The van der Waals surface area contributed by atoms with Crippen molar-refractivity contribution in [3.63, 3.8) is 0 Å². The predicted molar refractivity (Wildman–Crippen MR) is 96.1 cm³/mol. The van der Waals surface area contributed by atoms with E-state index in [-0.39, 0.29) is 0 Å². The van der Waals surface area contributed by atoms with Gasteiger partial charge < -0.3 is 5.11 Å². The standard InChI is InChI=1S/C20H34O2/c1-2-3-4-5-6-7-8-9-10-11-12-13-14-15-16-17-18-19-20(21)22/h8-9,11-12,14-15H,2-7,10,13,16-19H2,1H3,(H,21,22)/b9-8+,12-11+,15-14-. The fourth-order valence-electron chi connectivity index (χ4n) is 2.18. The molecule has 0 heterocycles. The highest BCUT2D eigenvalue weighted by atomic mass is 16.4. The smallest absolute Gasteiger partial charge is 0.303 e. The molecule has 2 nitrogen and oxygen atoms in total. The van der Waals surface area contributed by atoms with E-state index in [4.69, 9.17) is 5.11 Å². The second-order valence-electron chi connectivity index (χ2n) is 5.73. The van der Waals surface area contributed by atoms with Gasteiger partial charge in [0.25, 0.3) is 0 Å². The summed E-state index contributed by atoms with van der Waals surface area (Å²) < 4.78 is 0. The lowest BCUT2D eigenvalue weighted by Crippen LogP contribution is -1.92. The molecule has 0 aromatic heterocycles. The Labute approximate surface area is 137 Å². The largest absolute Gasteiger partial charge is 0.481 e. The minimum absolute atomic E-state index is 0.290. The molecule has 2 heteroatoms. The SMILES string of the molecule is CCCCCCC/C=C/C/C=C/C/C=C\CCCCC(=O)O. The van der Waals surface area contributed by atoms with Crippen molar-refractivity contribution in [2.45, 2.75) is 84.0 Å². The van der Waals surface area contributed by atoms with Crippen LogP contribution >= 0.6 is 0 Å². The van der Waals surface area contributed by atoms with Crippen LogP contribution in [0.2, 0.25) is 0 Å². The Bertz CT molecular complexity index is 327. The van der Waals surface area contributed by atoms with E-state index in [1.165, 1.54) is 38.5 Å². The lowest BCUT2D eigenvalue weighted by atomic mass is 10.1. The number of unbranched alkanes of at least 4 members (excludes halogenated alkanes) is 7. The van der Waals surface area contributed by atoms with Crippen molar-refractivity contribution in [2.24, 2.45) is 0 Å². The van der Waals surface area contributed by atoms with Crippen LogP contribution in [-0.2, 0) is 4.79 Å².